The summed E-state index contributed by atoms with van der Waals surface area (Å²) in [7, 11) is 0. The number of carbonyl (C=O) groups is 1. The summed E-state index contributed by atoms with van der Waals surface area (Å²) in [5.74, 6) is 0.907. The Bertz CT molecular complexity index is 575. The first kappa shape index (κ1) is 13.3. The molecule has 3 nitrogen and oxygen atoms in total. The van der Waals surface area contributed by atoms with E-state index in [-0.39, 0.29) is 6.04 Å². The van der Waals surface area contributed by atoms with Gasteiger partial charge in [0.15, 0.2) is 0 Å². The minimum atomic E-state index is 0.271. The number of fused-ring (bicyclic) bond motifs is 3. The first-order valence-electron chi connectivity index (χ1n) is 8.48. The van der Waals surface area contributed by atoms with Crippen molar-refractivity contribution < 1.29 is 4.79 Å². The van der Waals surface area contributed by atoms with Crippen molar-refractivity contribution in [3.8, 4) is 0 Å². The molecule has 0 bridgehead atoms. The van der Waals surface area contributed by atoms with Crippen LogP contribution in [-0.4, -0.2) is 30.4 Å². The zero-order chi connectivity index (χ0) is 14.4. The van der Waals surface area contributed by atoms with E-state index in [0.717, 1.165) is 31.6 Å². The van der Waals surface area contributed by atoms with E-state index in [9.17, 15) is 4.79 Å². The molecule has 112 valence electrons. The van der Waals surface area contributed by atoms with Crippen molar-refractivity contribution in [2.45, 2.75) is 51.0 Å². The molecule has 3 aliphatic rings. The third-order valence-corrected chi connectivity index (χ3v) is 5.54. The average Bonchev–Trinajstić information content (AvgIpc) is 3.15. The summed E-state index contributed by atoms with van der Waals surface area (Å²) in [5.41, 5.74) is 5.12. The number of nitrogens with one attached hydrogen (secondary N) is 1. The SMILES string of the molecule is CCc1cc(C2CCCC2)c2c(c1)C1CNCCN1C2=O. The van der Waals surface area contributed by atoms with Crippen LogP contribution in [0.15, 0.2) is 12.1 Å². The first-order valence-corrected chi connectivity index (χ1v) is 8.48. The van der Waals surface area contributed by atoms with Crippen molar-refractivity contribution >= 4 is 5.91 Å². The predicted molar refractivity (Wildman–Crippen MR) is 83.7 cm³/mol. The number of carbonyl (C=O) groups excluding carboxylic acids is 1. The second kappa shape index (κ2) is 5.13. The lowest BCUT2D eigenvalue weighted by Gasteiger charge is -2.30. The number of hydrogen-bond donors (Lipinski definition) is 1. The van der Waals surface area contributed by atoms with Crippen LogP contribution in [0.2, 0.25) is 0 Å². The van der Waals surface area contributed by atoms with E-state index in [0.29, 0.717) is 11.8 Å². The maximum atomic E-state index is 12.9. The lowest BCUT2D eigenvalue weighted by atomic mass is 9.87. The molecule has 2 fully saturated rings. The topological polar surface area (TPSA) is 32.3 Å². The molecule has 1 aromatic rings. The monoisotopic (exact) mass is 284 g/mol. The second-order valence-corrected chi connectivity index (χ2v) is 6.70. The molecule has 0 aromatic heterocycles. The third kappa shape index (κ3) is 2.02. The Kier molecular flexibility index (Phi) is 3.26. The fourth-order valence-corrected chi connectivity index (χ4v) is 4.39. The summed E-state index contributed by atoms with van der Waals surface area (Å²) in [6.07, 6.45) is 6.21. The summed E-state index contributed by atoms with van der Waals surface area (Å²) >= 11 is 0. The van der Waals surface area contributed by atoms with Gasteiger partial charge < -0.3 is 10.2 Å². The Balaban J connectivity index is 1.85. The average molecular weight is 284 g/mol. The molecule has 3 heteroatoms. The Morgan fingerprint density at radius 2 is 2.00 bits per heavy atom. The third-order valence-electron chi connectivity index (χ3n) is 5.54. The number of hydrogen-bond acceptors (Lipinski definition) is 2. The maximum Gasteiger partial charge on any atom is 0.255 e. The van der Waals surface area contributed by atoms with Crippen molar-refractivity contribution in [2.24, 2.45) is 0 Å². The van der Waals surface area contributed by atoms with Crippen molar-refractivity contribution in [1.29, 1.82) is 0 Å². The van der Waals surface area contributed by atoms with Crippen LogP contribution in [0, 0.1) is 0 Å². The highest BCUT2D eigenvalue weighted by atomic mass is 16.2. The van der Waals surface area contributed by atoms with Crippen LogP contribution in [0.3, 0.4) is 0 Å². The normalized spacial score (nSPS) is 25.3. The summed E-state index contributed by atoms with van der Waals surface area (Å²) in [5, 5.41) is 3.45. The molecule has 1 aromatic carbocycles. The number of benzene rings is 1. The molecule has 1 N–H and O–H groups in total. The van der Waals surface area contributed by atoms with Gasteiger partial charge in [-0.3, -0.25) is 4.79 Å². The van der Waals surface area contributed by atoms with Crippen molar-refractivity contribution in [3.05, 3.63) is 34.4 Å². The Hall–Kier alpha value is -1.35. The highest BCUT2D eigenvalue weighted by molar-refractivity contribution is 6.01. The minimum Gasteiger partial charge on any atom is -0.329 e. The zero-order valence-electron chi connectivity index (χ0n) is 12.8. The molecule has 1 amide bonds. The summed E-state index contributed by atoms with van der Waals surface area (Å²) in [4.78, 5) is 15.0. The smallest absolute Gasteiger partial charge is 0.255 e. The Morgan fingerprint density at radius 3 is 2.76 bits per heavy atom. The van der Waals surface area contributed by atoms with Crippen LogP contribution in [0.5, 0.6) is 0 Å². The van der Waals surface area contributed by atoms with Gasteiger partial charge in [-0.25, -0.2) is 0 Å². The fraction of sp³-hybridized carbons (Fsp3) is 0.611. The first-order chi connectivity index (χ1) is 10.3. The lowest BCUT2D eigenvalue weighted by molar-refractivity contribution is 0.0690. The van der Waals surface area contributed by atoms with Gasteiger partial charge in [-0.15, -0.1) is 0 Å². The molecular formula is C18H24N2O. The van der Waals surface area contributed by atoms with Crippen LogP contribution in [0.4, 0.5) is 0 Å². The van der Waals surface area contributed by atoms with Crippen LogP contribution in [0.25, 0.3) is 0 Å². The van der Waals surface area contributed by atoms with Crippen molar-refractivity contribution in [3.63, 3.8) is 0 Å². The zero-order valence-corrected chi connectivity index (χ0v) is 12.8. The number of amides is 1. The molecule has 2 aliphatic heterocycles. The molecular weight excluding hydrogens is 260 g/mol. The van der Waals surface area contributed by atoms with Gasteiger partial charge in [0.1, 0.15) is 0 Å². The van der Waals surface area contributed by atoms with E-state index in [4.69, 9.17) is 0 Å². The van der Waals surface area contributed by atoms with Gasteiger partial charge in [-0.2, -0.15) is 0 Å². The molecule has 1 saturated carbocycles. The molecule has 21 heavy (non-hydrogen) atoms. The van der Waals surface area contributed by atoms with Gasteiger partial charge in [-0.05, 0) is 41.9 Å². The van der Waals surface area contributed by atoms with E-state index in [1.54, 1.807) is 0 Å². The standard InChI is InChI=1S/C18H24N2O/c1-2-12-9-14(13-5-3-4-6-13)17-15(10-12)16-11-19-7-8-20(16)18(17)21/h9-10,13,16,19H,2-8,11H2,1H3. The number of aryl methyl sites for hydroxylation is 1. The summed E-state index contributed by atoms with van der Waals surface area (Å²) < 4.78 is 0. The van der Waals surface area contributed by atoms with Crippen LogP contribution in [-0.2, 0) is 6.42 Å². The molecule has 1 atom stereocenters. The molecule has 1 saturated heterocycles. The van der Waals surface area contributed by atoms with Crippen molar-refractivity contribution in [1.82, 2.24) is 10.2 Å². The lowest BCUT2D eigenvalue weighted by Crippen LogP contribution is -2.44. The summed E-state index contributed by atoms with van der Waals surface area (Å²) in [6.45, 7) is 4.91. The van der Waals surface area contributed by atoms with E-state index in [1.165, 1.54) is 42.4 Å². The van der Waals surface area contributed by atoms with Crippen molar-refractivity contribution in [2.75, 3.05) is 19.6 Å². The van der Waals surface area contributed by atoms with Crippen LogP contribution < -0.4 is 5.32 Å². The Labute approximate surface area is 126 Å². The van der Waals surface area contributed by atoms with Gasteiger partial charge in [0.25, 0.3) is 5.91 Å². The predicted octanol–water partition coefficient (Wildman–Crippen LogP) is 3.01. The van der Waals surface area contributed by atoms with E-state index < -0.39 is 0 Å². The largest absolute Gasteiger partial charge is 0.329 e. The second-order valence-electron chi connectivity index (χ2n) is 6.70. The molecule has 0 radical (unpaired) electrons. The molecule has 4 rings (SSSR count). The molecule has 1 aliphatic carbocycles. The number of nitrogens with zero attached hydrogens (tertiary/aromatic N) is 1. The maximum absolute atomic E-state index is 12.9. The Morgan fingerprint density at radius 1 is 1.24 bits per heavy atom. The number of rotatable bonds is 2. The van der Waals surface area contributed by atoms with E-state index in [2.05, 4.69) is 29.3 Å². The van der Waals surface area contributed by atoms with E-state index >= 15 is 0 Å². The molecule has 0 spiro atoms. The highest BCUT2D eigenvalue weighted by Gasteiger charge is 2.41. The highest BCUT2D eigenvalue weighted by Crippen LogP contribution is 2.43. The quantitative estimate of drug-likeness (QED) is 0.905. The van der Waals surface area contributed by atoms with Gasteiger partial charge in [0, 0.05) is 25.2 Å². The number of piperazine rings is 1. The fourth-order valence-electron chi connectivity index (χ4n) is 4.39. The van der Waals surface area contributed by atoms with Gasteiger partial charge >= 0.3 is 0 Å². The van der Waals surface area contributed by atoms with Crippen LogP contribution in [0.1, 0.15) is 71.6 Å². The van der Waals surface area contributed by atoms with Crippen LogP contribution >= 0.6 is 0 Å². The summed E-state index contributed by atoms with van der Waals surface area (Å²) in [6, 6.07) is 4.90. The van der Waals surface area contributed by atoms with E-state index in [1.807, 2.05) is 0 Å². The van der Waals surface area contributed by atoms with Gasteiger partial charge in [0.2, 0.25) is 0 Å². The molecule has 2 heterocycles. The minimum absolute atomic E-state index is 0.271. The van der Waals surface area contributed by atoms with Gasteiger partial charge in [0.05, 0.1) is 6.04 Å². The molecule has 1 unspecified atom stereocenters. The van der Waals surface area contributed by atoms with Gasteiger partial charge in [-0.1, -0.05) is 31.9 Å².